The average Bonchev–Trinajstić information content (AvgIpc) is 2.85. The Hall–Kier alpha value is -1.88. The SMILES string of the molecule is CCc1nnc(COc2c(C)cc(CN)cc2C)o1. The molecule has 0 atom stereocenters. The smallest absolute Gasteiger partial charge is 0.253 e. The Bertz CT molecular complexity index is 541. The molecule has 1 heterocycles. The number of nitrogens with zero attached hydrogens (tertiary/aromatic N) is 2. The van der Waals surface area contributed by atoms with Crippen molar-refractivity contribution in [1.82, 2.24) is 10.2 Å². The number of nitrogens with two attached hydrogens (primary N) is 1. The molecule has 0 saturated heterocycles. The summed E-state index contributed by atoms with van der Waals surface area (Å²) < 4.78 is 11.2. The summed E-state index contributed by atoms with van der Waals surface area (Å²) in [7, 11) is 0. The van der Waals surface area contributed by atoms with Crippen molar-refractivity contribution in [2.75, 3.05) is 0 Å². The Morgan fingerprint density at radius 2 is 1.79 bits per heavy atom. The van der Waals surface area contributed by atoms with E-state index in [2.05, 4.69) is 10.2 Å². The van der Waals surface area contributed by atoms with Crippen LogP contribution in [0, 0.1) is 13.8 Å². The van der Waals surface area contributed by atoms with E-state index >= 15 is 0 Å². The quantitative estimate of drug-likeness (QED) is 0.893. The van der Waals surface area contributed by atoms with Crippen molar-refractivity contribution in [1.29, 1.82) is 0 Å². The Kier molecular flexibility index (Phi) is 4.16. The molecule has 5 nitrogen and oxygen atoms in total. The van der Waals surface area contributed by atoms with E-state index in [4.69, 9.17) is 14.9 Å². The fraction of sp³-hybridized carbons (Fsp3) is 0.429. The minimum absolute atomic E-state index is 0.288. The van der Waals surface area contributed by atoms with Gasteiger partial charge in [-0.05, 0) is 30.5 Å². The van der Waals surface area contributed by atoms with Crippen LogP contribution in [-0.4, -0.2) is 10.2 Å². The molecule has 0 aliphatic carbocycles. The van der Waals surface area contributed by atoms with Crippen LogP contribution in [0.4, 0.5) is 0 Å². The Labute approximate surface area is 112 Å². The van der Waals surface area contributed by atoms with Crippen LogP contribution in [0.15, 0.2) is 16.5 Å². The summed E-state index contributed by atoms with van der Waals surface area (Å²) >= 11 is 0. The molecule has 1 aromatic heterocycles. The lowest BCUT2D eigenvalue weighted by Crippen LogP contribution is -2.02. The monoisotopic (exact) mass is 261 g/mol. The van der Waals surface area contributed by atoms with Gasteiger partial charge in [-0.3, -0.25) is 0 Å². The molecule has 2 N–H and O–H groups in total. The topological polar surface area (TPSA) is 74.2 Å². The minimum atomic E-state index is 0.288. The second-order valence-corrected chi connectivity index (χ2v) is 4.49. The molecule has 0 saturated carbocycles. The Morgan fingerprint density at radius 3 is 2.32 bits per heavy atom. The number of aromatic nitrogens is 2. The van der Waals surface area contributed by atoms with Gasteiger partial charge in [-0.1, -0.05) is 19.1 Å². The van der Waals surface area contributed by atoms with Crippen LogP contribution in [0.3, 0.4) is 0 Å². The number of hydrogen-bond donors (Lipinski definition) is 1. The molecule has 0 unspecified atom stereocenters. The highest BCUT2D eigenvalue weighted by Gasteiger charge is 2.09. The van der Waals surface area contributed by atoms with Gasteiger partial charge in [-0.2, -0.15) is 0 Å². The van der Waals surface area contributed by atoms with Crippen LogP contribution in [0.5, 0.6) is 5.75 Å². The second-order valence-electron chi connectivity index (χ2n) is 4.49. The summed E-state index contributed by atoms with van der Waals surface area (Å²) in [5, 5.41) is 7.84. The maximum absolute atomic E-state index is 5.77. The lowest BCUT2D eigenvalue weighted by atomic mass is 10.1. The van der Waals surface area contributed by atoms with E-state index < -0.39 is 0 Å². The van der Waals surface area contributed by atoms with Crippen LogP contribution < -0.4 is 10.5 Å². The molecular formula is C14H19N3O2. The molecule has 1 aromatic carbocycles. The predicted molar refractivity (Wildman–Crippen MR) is 71.8 cm³/mol. The van der Waals surface area contributed by atoms with Crippen molar-refractivity contribution in [3.8, 4) is 5.75 Å². The summed E-state index contributed by atoms with van der Waals surface area (Å²) in [6, 6.07) is 4.07. The lowest BCUT2D eigenvalue weighted by molar-refractivity contribution is 0.256. The van der Waals surface area contributed by atoms with E-state index in [0.29, 0.717) is 18.3 Å². The summed E-state index contributed by atoms with van der Waals surface area (Å²) in [6.45, 7) is 6.81. The highest BCUT2D eigenvalue weighted by Crippen LogP contribution is 2.25. The fourth-order valence-electron chi connectivity index (χ4n) is 2.01. The third-order valence-electron chi connectivity index (χ3n) is 2.91. The molecule has 102 valence electrons. The van der Waals surface area contributed by atoms with Crippen molar-refractivity contribution in [2.45, 2.75) is 40.3 Å². The Balaban J connectivity index is 2.11. The molecule has 5 heteroatoms. The van der Waals surface area contributed by atoms with Gasteiger partial charge in [0.05, 0.1) is 0 Å². The predicted octanol–water partition coefficient (Wildman–Crippen LogP) is 2.29. The van der Waals surface area contributed by atoms with E-state index in [-0.39, 0.29) is 6.61 Å². The zero-order valence-electron chi connectivity index (χ0n) is 11.6. The zero-order valence-corrected chi connectivity index (χ0v) is 11.6. The van der Waals surface area contributed by atoms with Crippen molar-refractivity contribution in [2.24, 2.45) is 5.73 Å². The van der Waals surface area contributed by atoms with Gasteiger partial charge >= 0.3 is 0 Å². The lowest BCUT2D eigenvalue weighted by Gasteiger charge is -2.12. The first-order valence-electron chi connectivity index (χ1n) is 6.38. The number of hydrogen-bond acceptors (Lipinski definition) is 5. The van der Waals surface area contributed by atoms with Gasteiger partial charge in [0.15, 0.2) is 6.61 Å². The first-order chi connectivity index (χ1) is 9.13. The normalized spacial score (nSPS) is 10.7. The summed E-state index contributed by atoms with van der Waals surface area (Å²) in [5.74, 6) is 1.98. The first kappa shape index (κ1) is 13.5. The van der Waals surface area contributed by atoms with Crippen LogP contribution in [0.2, 0.25) is 0 Å². The zero-order chi connectivity index (χ0) is 13.8. The molecule has 0 bridgehead atoms. The maximum Gasteiger partial charge on any atom is 0.253 e. The molecule has 0 aliphatic rings. The van der Waals surface area contributed by atoms with Crippen molar-refractivity contribution >= 4 is 0 Å². The highest BCUT2D eigenvalue weighted by molar-refractivity contribution is 5.43. The molecule has 19 heavy (non-hydrogen) atoms. The van der Waals surface area contributed by atoms with Crippen LogP contribution >= 0.6 is 0 Å². The first-order valence-corrected chi connectivity index (χ1v) is 6.38. The number of aryl methyl sites for hydroxylation is 3. The van der Waals surface area contributed by atoms with Gasteiger partial charge in [-0.15, -0.1) is 10.2 Å². The molecule has 0 aliphatic heterocycles. The Morgan fingerprint density at radius 1 is 1.16 bits per heavy atom. The summed E-state index contributed by atoms with van der Waals surface area (Å²) in [5.41, 5.74) is 8.88. The van der Waals surface area contributed by atoms with Gasteiger partial charge < -0.3 is 14.9 Å². The van der Waals surface area contributed by atoms with E-state index in [1.165, 1.54) is 0 Å². The van der Waals surface area contributed by atoms with Gasteiger partial charge in [0.2, 0.25) is 5.89 Å². The van der Waals surface area contributed by atoms with Gasteiger partial charge in [0, 0.05) is 13.0 Å². The molecule has 2 aromatic rings. The van der Waals surface area contributed by atoms with E-state index in [1.807, 2.05) is 32.9 Å². The average molecular weight is 261 g/mol. The van der Waals surface area contributed by atoms with E-state index in [0.717, 1.165) is 28.9 Å². The molecule has 0 spiro atoms. The van der Waals surface area contributed by atoms with Gasteiger partial charge in [0.1, 0.15) is 5.75 Å². The van der Waals surface area contributed by atoms with Crippen molar-refractivity contribution < 1.29 is 9.15 Å². The maximum atomic E-state index is 5.77. The molecule has 2 rings (SSSR count). The van der Waals surface area contributed by atoms with E-state index in [1.54, 1.807) is 0 Å². The number of benzene rings is 1. The molecular weight excluding hydrogens is 242 g/mol. The number of ether oxygens (including phenoxy) is 1. The summed E-state index contributed by atoms with van der Waals surface area (Å²) in [6.07, 6.45) is 0.732. The molecule has 0 amide bonds. The molecule has 0 radical (unpaired) electrons. The second kappa shape index (κ2) is 5.84. The van der Waals surface area contributed by atoms with Crippen LogP contribution in [0.25, 0.3) is 0 Å². The van der Waals surface area contributed by atoms with Crippen molar-refractivity contribution in [3.63, 3.8) is 0 Å². The third kappa shape index (κ3) is 3.12. The van der Waals surface area contributed by atoms with E-state index in [9.17, 15) is 0 Å². The van der Waals surface area contributed by atoms with Crippen molar-refractivity contribution in [3.05, 3.63) is 40.6 Å². The minimum Gasteiger partial charge on any atom is -0.483 e. The van der Waals surface area contributed by atoms with Gasteiger partial charge in [-0.25, -0.2) is 0 Å². The van der Waals surface area contributed by atoms with Gasteiger partial charge in [0.25, 0.3) is 5.89 Å². The summed E-state index contributed by atoms with van der Waals surface area (Å²) in [4.78, 5) is 0. The third-order valence-corrected chi connectivity index (χ3v) is 2.91. The largest absolute Gasteiger partial charge is 0.483 e. The number of rotatable bonds is 5. The molecule has 0 fully saturated rings. The van der Waals surface area contributed by atoms with Crippen LogP contribution in [-0.2, 0) is 19.6 Å². The highest BCUT2D eigenvalue weighted by atomic mass is 16.5. The van der Waals surface area contributed by atoms with Crippen LogP contribution in [0.1, 0.15) is 35.4 Å². The fourth-order valence-corrected chi connectivity index (χ4v) is 2.01. The standard InChI is InChI=1S/C14H19N3O2/c1-4-12-16-17-13(19-12)8-18-14-9(2)5-11(7-15)6-10(14)3/h5-6H,4,7-8,15H2,1-3H3.